The molecule has 1 heterocycles. The van der Waals surface area contributed by atoms with Crippen LogP contribution >= 0.6 is 11.6 Å². The molecule has 37 heavy (non-hydrogen) atoms. The molecule has 0 saturated heterocycles. The Morgan fingerprint density at radius 2 is 1.86 bits per heavy atom. The number of anilines is 1. The standard InChI is InChI=1S/C27H28ClN3O6/c28-21-11-4-1-6-18(21)16-31-13-12-23(32)25(26(31)35)30-27(36)29-22(15-24(33)34)17-7-5-10-20(14-17)37-19-8-2-3-9-19/h1,4-7,10-14,19,22,32H,2-3,8-9,15-16H2,(H,33,34)(H2,29,30,36)/t22-/m0/s1. The largest absolute Gasteiger partial charge is 0.505 e. The summed E-state index contributed by atoms with van der Waals surface area (Å²) in [4.78, 5) is 37.4. The Hall–Kier alpha value is -3.98. The summed E-state index contributed by atoms with van der Waals surface area (Å²) in [5.41, 5.74) is 0.256. The minimum absolute atomic E-state index is 0.124. The van der Waals surface area contributed by atoms with Crippen molar-refractivity contribution in [1.82, 2.24) is 9.88 Å². The lowest BCUT2D eigenvalue weighted by molar-refractivity contribution is -0.137. The highest BCUT2D eigenvalue weighted by molar-refractivity contribution is 6.31. The fraction of sp³-hybridized carbons (Fsp3) is 0.296. The summed E-state index contributed by atoms with van der Waals surface area (Å²) < 4.78 is 7.31. The second kappa shape index (κ2) is 11.8. The van der Waals surface area contributed by atoms with Crippen molar-refractivity contribution in [1.29, 1.82) is 0 Å². The van der Waals surface area contributed by atoms with Crippen molar-refractivity contribution >= 4 is 29.3 Å². The number of rotatable bonds is 9. The second-order valence-corrected chi connectivity index (χ2v) is 9.35. The van der Waals surface area contributed by atoms with Gasteiger partial charge in [0.1, 0.15) is 11.5 Å². The van der Waals surface area contributed by atoms with Crippen LogP contribution in [0.5, 0.6) is 11.5 Å². The van der Waals surface area contributed by atoms with Gasteiger partial charge in [0.15, 0.2) is 5.69 Å². The Morgan fingerprint density at radius 1 is 1.11 bits per heavy atom. The van der Waals surface area contributed by atoms with Gasteiger partial charge < -0.3 is 30.2 Å². The first-order valence-electron chi connectivity index (χ1n) is 12.0. The molecule has 1 aliphatic rings. The molecule has 0 unspecified atom stereocenters. The lowest BCUT2D eigenvalue weighted by Gasteiger charge is -2.20. The number of carbonyl (C=O) groups is 2. The van der Waals surface area contributed by atoms with E-state index in [0.717, 1.165) is 25.7 Å². The van der Waals surface area contributed by atoms with Crippen LogP contribution in [0.1, 0.15) is 49.3 Å². The summed E-state index contributed by atoms with van der Waals surface area (Å²) in [5, 5.41) is 25.1. The zero-order valence-electron chi connectivity index (χ0n) is 20.0. The van der Waals surface area contributed by atoms with E-state index in [1.54, 1.807) is 48.5 Å². The van der Waals surface area contributed by atoms with Crippen LogP contribution in [0.15, 0.2) is 65.6 Å². The first-order valence-corrected chi connectivity index (χ1v) is 12.4. The summed E-state index contributed by atoms with van der Waals surface area (Å²) in [5.74, 6) is -0.931. The number of aromatic nitrogens is 1. The minimum Gasteiger partial charge on any atom is -0.505 e. The number of halogens is 1. The number of nitrogens with zero attached hydrogens (tertiary/aromatic N) is 1. The van der Waals surface area contributed by atoms with Gasteiger partial charge >= 0.3 is 12.0 Å². The molecule has 0 bridgehead atoms. The van der Waals surface area contributed by atoms with E-state index in [0.29, 0.717) is 21.9 Å². The van der Waals surface area contributed by atoms with Gasteiger partial charge in [-0.15, -0.1) is 0 Å². The van der Waals surface area contributed by atoms with E-state index in [2.05, 4.69) is 10.6 Å². The van der Waals surface area contributed by atoms with Gasteiger partial charge in [0.25, 0.3) is 5.56 Å². The van der Waals surface area contributed by atoms with Crippen LogP contribution in [-0.2, 0) is 11.3 Å². The Morgan fingerprint density at radius 3 is 2.59 bits per heavy atom. The molecular weight excluding hydrogens is 498 g/mol. The fourth-order valence-corrected chi connectivity index (χ4v) is 4.55. The molecular formula is C27H28ClN3O6. The molecule has 4 N–H and O–H groups in total. The summed E-state index contributed by atoms with van der Waals surface area (Å²) in [7, 11) is 0. The van der Waals surface area contributed by atoms with E-state index in [1.807, 2.05) is 0 Å². The molecule has 2 amide bonds. The summed E-state index contributed by atoms with van der Waals surface area (Å²) in [6.45, 7) is 0.129. The predicted octanol–water partition coefficient (Wildman–Crippen LogP) is 4.91. The van der Waals surface area contributed by atoms with Gasteiger partial charge in [-0.2, -0.15) is 0 Å². The molecule has 0 spiro atoms. The summed E-state index contributed by atoms with van der Waals surface area (Å²) >= 11 is 6.20. The Kier molecular flexibility index (Phi) is 8.35. The zero-order chi connectivity index (χ0) is 26.4. The smallest absolute Gasteiger partial charge is 0.319 e. The Bertz CT molecular complexity index is 1340. The van der Waals surface area contributed by atoms with Gasteiger partial charge in [0.05, 0.1) is 25.1 Å². The molecule has 1 saturated carbocycles. The highest BCUT2D eigenvalue weighted by Gasteiger charge is 2.22. The van der Waals surface area contributed by atoms with Gasteiger partial charge in [0, 0.05) is 11.2 Å². The molecule has 194 valence electrons. The molecule has 0 radical (unpaired) electrons. The lowest BCUT2D eigenvalue weighted by atomic mass is 10.0. The second-order valence-electron chi connectivity index (χ2n) is 8.95. The van der Waals surface area contributed by atoms with Crippen molar-refractivity contribution < 1.29 is 24.5 Å². The monoisotopic (exact) mass is 525 g/mol. The van der Waals surface area contributed by atoms with Gasteiger partial charge in [0.2, 0.25) is 0 Å². The number of amides is 2. The third kappa shape index (κ3) is 6.83. The number of ether oxygens (including phenoxy) is 1. The Balaban J connectivity index is 1.51. The van der Waals surface area contributed by atoms with Crippen molar-refractivity contribution in [2.45, 2.75) is 50.8 Å². The van der Waals surface area contributed by atoms with E-state index >= 15 is 0 Å². The van der Waals surface area contributed by atoms with Crippen LogP contribution < -0.4 is 20.9 Å². The molecule has 3 aromatic rings. The van der Waals surface area contributed by atoms with Gasteiger partial charge in [-0.05, 0) is 61.1 Å². The maximum absolute atomic E-state index is 13.0. The molecule has 1 atom stereocenters. The van der Waals surface area contributed by atoms with Crippen LogP contribution in [0.25, 0.3) is 0 Å². The van der Waals surface area contributed by atoms with Gasteiger partial charge in [-0.25, -0.2) is 4.79 Å². The number of benzene rings is 2. The van der Waals surface area contributed by atoms with Gasteiger partial charge in [-0.1, -0.05) is 41.9 Å². The van der Waals surface area contributed by atoms with Crippen molar-refractivity contribution in [3.05, 3.63) is 87.3 Å². The molecule has 0 aliphatic heterocycles. The number of aliphatic carboxylic acids is 1. The van der Waals surface area contributed by atoms with Crippen LogP contribution in [0.4, 0.5) is 10.5 Å². The summed E-state index contributed by atoms with van der Waals surface area (Å²) in [6.07, 6.45) is 5.29. The third-order valence-electron chi connectivity index (χ3n) is 6.23. The number of hydrogen-bond acceptors (Lipinski definition) is 5. The van der Waals surface area contributed by atoms with E-state index in [9.17, 15) is 24.6 Å². The molecule has 1 aromatic heterocycles. The number of nitrogens with one attached hydrogen (secondary N) is 2. The topological polar surface area (TPSA) is 130 Å². The average Bonchev–Trinajstić information content (AvgIpc) is 3.37. The number of carboxylic acid groups (broad SMARTS) is 1. The number of hydrogen-bond donors (Lipinski definition) is 4. The highest BCUT2D eigenvalue weighted by Crippen LogP contribution is 2.27. The van der Waals surface area contributed by atoms with Crippen molar-refractivity contribution in [3.63, 3.8) is 0 Å². The molecule has 1 aliphatic carbocycles. The van der Waals surface area contributed by atoms with Crippen LogP contribution in [-0.4, -0.2) is 32.9 Å². The molecule has 2 aromatic carbocycles. The number of carboxylic acids is 1. The zero-order valence-corrected chi connectivity index (χ0v) is 20.8. The van der Waals surface area contributed by atoms with Crippen molar-refractivity contribution in [3.8, 4) is 11.5 Å². The van der Waals surface area contributed by atoms with Crippen LogP contribution in [0.2, 0.25) is 5.02 Å². The van der Waals surface area contributed by atoms with Crippen molar-refractivity contribution in [2.75, 3.05) is 5.32 Å². The van der Waals surface area contributed by atoms with E-state index in [-0.39, 0.29) is 18.3 Å². The van der Waals surface area contributed by atoms with Crippen LogP contribution in [0.3, 0.4) is 0 Å². The van der Waals surface area contributed by atoms with E-state index in [4.69, 9.17) is 16.3 Å². The molecule has 4 rings (SSSR count). The normalized spacial score (nSPS) is 14.2. The van der Waals surface area contributed by atoms with E-state index < -0.39 is 35.8 Å². The molecule has 10 heteroatoms. The maximum atomic E-state index is 13.0. The first-order chi connectivity index (χ1) is 17.8. The Labute approximate surface area is 218 Å². The first kappa shape index (κ1) is 26.1. The maximum Gasteiger partial charge on any atom is 0.319 e. The fourth-order valence-electron chi connectivity index (χ4n) is 4.35. The number of pyridine rings is 1. The SMILES string of the molecule is O=C(O)C[C@H](NC(=O)Nc1c(O)ccn(Cc2ccccc2Cl)c1=O)c1cccc(OC2CCCC2)c1. The lowest BCUT2D eigenvalue weighted by Crippen LogP contribution is -2.36. The van der Waals surface area contributed by atoms with Gasteiger partial charge in [-0.3, -0.25) is 9.59 Å². The number of carbonyl (C=O) groups excluding carboxylic acids is 1. The van der Waals surface area contributed by atoms with Crippen molar-refractivity contribution in [2.24, 2.45) is 0 Å². The summed E-state index contributed by atoms with van der Waals surface area (Å²) in [6, 6.07) is 13.5. The number of urea groups is 1. The average molecular weight is 526 g/mol. The highest BCUT2D eigenvalue weighted by atomic mass is 35.5. The quantitative estimate of drug-likeness (QED) is 0.314. The molecule has 1 fully saturated rings. The molecule has 9 nitrogen and oxygen atoms in total. The van der Waals surface area contributed by atoms with Crippen LogP contribution in [0, 0.1) is 0 Å². The van der Waals surface area contributed by atoms with E-state index in [1.165, 1.54) is 16.8 Å². The minimum atomic E-state index is -1.11. The number of aromatic hydroxyl groups is 1. The third-order valence-corrected chi connectivity index (χ3v) is 6.60. The predicted molar refractivity (Wildman–Crippen MR) is 139 cm³/mol.